The van der Waals surface area contributed by atoms with Crippen LogP contribution in [0.1, 0.15) is 74.3 Å². The van der Waals surface area contributed by atoms with Gasteiger partial charge in [-0.2, -0.15) is 0 Å². The zero-order valence-corrected chi connectivity index (χ0v) is 27.1. The number of alkyl halides is 1. The van der Waals surface area contributed by atoms with Crippen molar-refractivity contribution < 1.29 is 27.8 Å². The zero-order chi connectivity index (χ0) is 31.6. The Labute approximate surface area is 266 Å². The van der Waals surface area contributed by atoms with Crippen LogP contribution in [0.25, 0.3) is 0 Å². The van der Waals surface area contributed by atoms with Crippen molar-refractivity contribution in [3.8, 4) is 5.75 Å². The largest absolute Gasteiger partial charge is 0.497 e. The number of benzene rings is 2. The Hall–Kier alpha value is -2.75. The van der Waals surface area contributed by atoms with E-state index in [1.54, 1.807) is 32.3 Å². The summed E-state index contributed by atoms with van der Waals surface area (Å²) in [6, 6.07) is 12.5. The quantitative estimate of drug-likeness (QED) is 0.345. The number of ether oxygens (including phenoxy) is 3. The lowest BCUT2D eigenvalue weighted by Gasteiger charge is -2.35. The molecule has 1 amide bonds. The molecule has 3 aliphatic heterocycles. The van der Waals surface area contributed by atoms with Crippen molar-refractivity contribution in [2.24, 2.45) is 0 Å². The molecule has 0 spiro atoms. The molecule has 9 heteroatoms. The molecule has 246 valence electrons. The maximum atomic E-state index is 17.8. The number of likely N-dealkylation sites (tertiary alicyclic amines) is 2. The smallest absolute Gasteiger partial charge is 0.262 e. The molecule has 3 heterocycles. The summed E-state index contributed by atoms with van der Waals surface area (Å²) in [5.41, 5.74) is 0.670. The third-order valence-electron chi connectivity index (χ3n) is 10.9. The van der Waals surface area contributed by atoms with E-state index in [0.29, 0.717) is 31.9 Å². The molecule has 4 fully saturated rings. The van der Waals surface area contributed by atoms with Crippen molar-refractivity contribution in [3.05, 3.63) is 59.4 Å². The minimum absolute atomic E-state index is 0.0310. The molecule has 45 heavy (non-hydrogen) atoms. The van der Waals surface area contributed by atoms with Crippen LogP contribution >= 0.6 is 0 Å². The van der Waals surface area contributed by atoms with E-state index in [0.717, 1.165) is 68.4 Å². The molecule has 0 unspecified atom stereocenters. The fraction of sp³-hybridized carbons (Fsp3) is 0.639. The number of amides is 1. The number of methoxy groups -OCH3 is 3. The number of anilines is 1. The third-order valence-corrected chi connectivity index (χ3v) is 10.9. The Morgan fingerprint density at radius 1 is 0.956 bits per heavy atom. The molecular formula is C36H49F2N3O4. The van der Waals surface area contributed by atoms with Crippen molar-refractivity contribution in [3.63, 3.8) is 0 Å². The number of rotatable bonds is 9. The number of carbonyl (C=O) groups excluding carboxylic acids is 1. The van der Waals surface area contributed by atoms with E-state index in [4.69, 9.17) is 14.2 Å². The number of hydrogen-bond acceptors (Lipinski definition) is 6. The summed E-state index contributed by atoms with van der Waals surface area (Å²) >= 11 is 0. The maximum absolute atomic E-state index is 17.8. The second-order valence-electron chi connectivity index (χ2n) is 13.5. The summed E-state index contributed by atoms with van der Waals surface area (Å²) in [5, 5.41) is 0. The minimum atomic E-state index is -2.09. The van der Waals surface area contributed by atoms with Crippen molar-refractivity contribution >= 4 is 11.6 Å². The molecule has 0 aromatic heterocycles. The summed E-state index contributed by atoms with van der Waals surface area (Å²) in [6.07, 6.45) is 7.99. The van der Waals surface area contributed by atoms with Crippen LogP contribution in [0.2, 0.25) is 0 Å². The standard InChI is InChI=1S/C36H49F2N3O4/c1-43-23-29-19-26(32-16-9-27(37)20-34(32)39-17-5-4-6-18-39)21-41(29)35(42)36(38)24-40(28-10-14-31(45-3)15-11-28)22-33(36)25-7-12-30(44-2)13-8-25/h7-9,12-13,16,20,26,28-29,31,33H,4-6,10-11,14-15,17-19,21-24H2,1-3H3/t26-,28?,29+,31?,33+,36+/m1/s1. The third kappa shape index (κ3) is 6.58. The highest BCUT2D eigenvalue weighted by atomic mass is 19.1. The van der Waals surface area contributed by atoms with Crippen LogP contribution in [0.15, 0.2) is 42.5 Å². The molecule has 0 bridgehead atoms. The lowest BCUT2D eigenvalue weighted by Crippen LogP contribution is -2.53. The fourth-order valence-electron chi connectivity index (χ4n) is 8.45. The van der Waals surface area contributed by atoms with Crippen LogP contribution in [0.3, 0.4) is 0 Å². The van der Waals surface area contributed by atoms with Gasteiger partial charge in [0.25, 0.3) is 5.91 Å². The molecule has 0 N–H and O–H groups in total. The first-order valence-electron chi connectivity index (χ1n) is 16.8. The normalized spacial score (nSPS) is 31.0. The highest BCUT2D eigenvalue weighted by molar-refractivity contribution is 5.88. The Morgan fingerprint density at radius 3 is 2.36 bits per heavy atom. The fourth-order valence-corrected chi connectivity index (χ4v) is 8.45. The van der Waals surface area contributed by atoms with Gasteiger partial charge in [-0.1, -0.05) is 18.2 Å². The molecule has 1 aliphatic carbocycles. The van der Waals surface area contributed by atoms with Gasteiger partial charge in [0.1, 0.15) is 11.6 Å². The summed E-state index contributed by atoms with van der Waals surface area (Å²) in [5.74, 6) is -0.643. The van der Waals surface area contributed by atoms with E-state index >= 15 is 4.39 Å². The summed E-state index contributed by atoms with van der Waals surface area (Å²) in [6.45, 7) is 3.07. The van der Waals surface area contributed by atoms with Gasteiger partial charge < -0.3 is 24.0 Å². The van der Waals surface area contributed by atoms with E-state index in [2.05, 4.69) is 9.80 Å². The molecule has 0 radical (unpaired) electrons. The summed E-state index contributed by atoms with van der Waals surface area (Å²) in [4.78, 5) is 20.9. The van der Waals surface area contributed by atoms with Crippen molar-refractivity contribution in [2.75, 3.05) is 65.6 Å². The van der Waals surface area contributed by atoms with Gasteiger partial charge in [0.2, 0.25) is 5.67 Å². The predicted octanol–water partition coefficient (Wildman–Crippen LogP) is 5.92. The number of halogens is 2. The second-order valence-corrected chi connectivity index (χ2v) is 13.5. The Morgan fingerprint density at radius 2 is 1.69 bits per heavy atom. The summed E-state index contributed by atoms with van der Waals surface area (Å²) in [7, 11) is 5.00. The van der Waals surface area contributed by atoms with Crippen LogP contribution in [0.5, 0.6) is 5.75 Å². The average Bonchev–Trinajstić information content (AvgIpc) is 3.67. The number of piperidine rings is 1. The first kappa shape index (κ1) is 32.2. The highest BCUT2D eigenvalue weighted by Gasteiger charge is 2.58. The Bertz CT molecular complexity index is 1300. The van der Waals surface area contributed by atoms with Crippen molar-refractivity contribution in [1.82, 2.24) is 9.80 Å². The first-order valence-corrected chi connectivity index (χ1v) is 16.8. The minimum Gasteiger partial charge on any atom is -0.497 e. The van der Waals surface area contributed by atoms with E-state index < -0.39 is 17.5 Å². The van der Waals surface area contributed by atoms with Crippen LogP contribution in [0, 0.1) is 5.82 Å². The van der Waals surface area contributed by atoms with Gasteiger partial charge in [-0.3, -0.25) is 9.69 Å². The van der Waals surface area contributed by atoms with E-state index in [1.165, 1.54) is 12.5 Å². The molecular weight excluding hydrogens is 576 g/mol. The van der Waals surface area contributed by atoms with Gasteiger partial charge in [0.15, 0.2) is 0 Å². The highest BCUT2D eigenvalue weighted by Crippen LogP contribution is 2.46. The second kappa shape index (κ2) is 13.9. The van der Waals surface area contributed by atoms with E-state index in [-0.39, 0.29) is 36.5 Å². The average molecular weight is 626 g/mol. The number of carbonyl (C=O) groups is 1. The molecule has 2 aromatic carbocycles. The number of hydrogen-bond donors (Lipinski definition) is 0. The van der Waals surface area contributed by atoms with Crippen molar-refractivity contribution in [2.45, 2.75) is 87.1 Å². The molecule has 6 rings (SSSR count). The van der Waals surface area contributed by atoms with Gasteiger partial charge in [-0.25, -0.2) is 8.78 Å². The van der Waals surface area contributed by atoms with Crippen LogP contribution < -0.4 is 9.64 Å². The van der Waals surface area contributed by atoms with Gasteiger partial charge in [0, 0.05) is 70.5 Å². The van der Waals surface area contributed by atoms with Crippen molar-refractivity contribution in [1.29, 1.82) is 0 Å². The SMILES string of the molecule is COC[C@@H]1C[C@@H](c2ccc(F)cc2N2CCCCC2)CN1C(=O)[C@]1(F)CN(C2CCC(OC)CC2)C[C@H]1c1ccc(OC)cc1. The van der Waals surface area contributed by atoms with Gasteiger partial charge in [0.05, 0.1) is 25.9 Å². The lowest BCUT2D eigenvalue weighted by molar-refractivity contribution is -0.146. The topological polar surface area (TPSA) is 54.5 Å². The Kier molecular flexibility index (Phi) is 9.97. The van der Waals surface area contributed by atoms with Gasteiger partial charge in [-0.05, 0) is 86.8 Å². The zero-order valence-electron chi connectivity index (χ0n) is 27.1. The molecule has 7 nitrogen and oxygen atoms in total. The van der Waals surface area contributed by atoms with E-state index in [9.17, 15) is 9.18 Å². The van der Waals surface area contributed by atoms with E-state index in [1.807, 2.05) is 30.3 Å². The maximum Gasteiger partial charge on any atom is 0.262 e. The first-order chi connectivity index (χ1) is 21.8. The van der Waals surface area contributed by atoms with Gasteiger partial charge in [-0.15, -0.1) is 0 Å². The molecule has 1 saturated carbocycles. The van der Waals surface area contributed by atoms with Gasteiger partial charge >= 0.3 is 0 Å². The predicted molar refractivity (Wildman–Crippen MR) is 171 cm³/mol. The molecule has 2 aromatic rings. The lowest BCUT2D eigenvalue weighted by atomic mass is 9.85. The number of nitrogens with zero attached hydrogens (tertiary/aromatic N) is 3. The molecule has 4 aliphatic rings. The van der Waals surface area contributed by atoms with Crippen LogP contribution in [0.4, 0.5) is 14.5 Å². The van der Waals surface area contributed by atoms with Crippen LogP contribution in [-0.2, 0) is 14.3 Å². The Balaban J connectivity index is 1.29. The monoisotopic (exact) mass is 625 g/mol. The molecule has 4 atom stereocenters. The van der Waals surface area contributed by atoms with Crippen LogP contribution in [-0.4, -0.2) is 100 Å². The molecule has 3 saturated heterocycles. The summed E-state index contributed by atoms with van der Waals surface area (Å²) < 4.78 is 48.9.